The Morgan fingerprint density at radius 3 is 2.71 bits per heavy atom. The number of carbonyl (C=O) groups excluding carboxylic acids is 1. The molecule has 1 N–H and O–H groups in total. The van der Waals surface area contributed by atoms with Gasteiger partial charge in [0, 0.05) is 4.47 Å². The maximum absolute atomic E-state index is 11.7. The van der Waals surface area contributed by atoms with Gasteiger partial charge >= 0.3 is 0 Å². The van der Waals surface area contributed by atoms with Gasteiger partial charge < -0.3 is 9.47 Å². The molecule has 0 radical (unpaired) electrons. The van der Waals surface area contributed by atoms with Crippen molar-refractivity contribution in [2.75, 3.05) is 13.7 Å². The highest BCUT2D eigenvalue weighted by molar-refractivity contribution is 9.10. The Morgan fingerprint density at radius 2 is 2.04 bits per heavy atom. The molecule has 0 aliphatic heterocycles. The summed E-state index contributed by atoms with van der Waals surface area (Å²) in [4.78, 5) is 11.7. The number of rotatable bonds is 6. The van der Waals surface area contributed by atoms with Crippen molar-refractivity contribution >= 4 is 39.7 Å². The summed E-state index contributed by atoms with van der Waals surface area (Å²) in [6.07, 6.45) is 1.55. The molecule has 0 atom stereocenters. The molecule has 24 heavy (non-hydrogen) atoms. The first-order valence-corrected chi connectivity index (χ1v) is 8.21. The Labute approximate surface area is 153 Å². The third kappa shape index (κ3) is 5.25. The second kappa shape index (κ2) is 8.70. The molecule has 0 heterocycles. The molecule has 0 unspecified atom stereocenters. The first-order chi connectivity index (χ1) is 11.5. The summed E-state index contributed by atoms with van der Waals surface area (Å²) in [5.74, 6) is 0.858. The third-order valence-corrected chi connectivity index (χ3v) is 3.86. The van der Waals surface area contributed by atoms with E-state index in [-0.39, 0.29) is 12.5 Å². The van der Waals surface area contributed by atoms with Gasteiger partial charge in [-0.25, -0.2) is 5.43 Å². The summed E-state index contributed by atoms with van der Waals surface area (Å²) >= 11 is 9.31. The molecule has 0 saturated heterocycles. The summed E-state index contributed by atoms with van der Waals surface area (Å²) < 4.78 is 11.4. The van der Waals surface area contributed by atoms with E-state index in [9.17, 15) is 4.79 Å². The standard InChI is InChI=1S/C17H16BrClN2O3/c1-11-7-12(3-5-15(11)23-2)9-20-21-17(22)10-24-16-6-4-13(18)8-14(16)19/h3-9H,10H2,1-2H3,(H,21,22)/b20-9+. The van der Waals surface area contributed by atoms with Crippen LogP contribution in [0.2, 0.25) is 5.02 Å². The highest BCUT2D eigenvalue weighted by atomic mass is 79.9. The maximum atomic E-state index is 11.7. The first kappa shape index (κ1) is 18.3. The van der Waals surface area contributed by atoms with Crippen LogP contribution >= 0.6 is 27.5 Å². The van der Waals surface area contributed by atoms with Gasteiger partial charge in [0.2, 0.25) is 0 Å². The molecule has 0 bridgehead atoms. The lowest BCUT2D eigenvalue weighted by atomic mass is 10.1. The number of methoxy groups -OCH3 is 1. The van der Waals surface area contributed by atoms with Gasteiger partial charge in [0.15, 0.2) is 6.61 Å². The average Bonchev–Trinajstić information content (AvgIpc) is 2.54. The van der Waals surface area contributed by atoms with Crippen molar-refractivity contribution in [1.82, 2.24) is 5.43 Å². The zero-order valence-corrected chi connectivity index (χ0v) is 15.5. The minimum absolute atomic E-state index is 0.180. The van der Waals surface area contributed by atoms with Gasteiger partial charge in [-0.3, -0.25) is 4.79 Å². The third-order valence-electron chi connectivity index (χ3n) is 3.07. The molecule has 1 amide bonds. The number of benzene rings is 2. The van der Waals surface area contributed by atoms with E-state index >= 15 is 0 Å². The first-order valence-electron chi connectivity index (χ1n) is 7.04. The van der Waals surface area contributed by atoms with E-state index in [1.54, 1.807) is 31.5 Å². The fraction of sp³-hybridized carbons (Fsp3) is 0.176. The highest BCUT2D eigenvalue weighted by Crippen LogP contribution is 2.27. The molecule has 5 nitrogen and oxygen atoms in total. The van der Waals surface area contributed by atoms with Crippen molar-refractivity contribution in [3.63, 3.8) is 0 Å². The number of hydrogen-bond acceptors (Lipinski definition) is 4. The highest BCUT2D eigenvalue weighted by Gasteiger charge is 2.05. The second-order valence-corrected chi connectivity index (χ2v) is 6.21. The van der Waals surface area contributed by atoms with E-state index in [1.807, 2.05) is 25.1 Å². The topological polar surface area (TPSA) is 59.9 Å². The molecular weight excluding hydrogens is 396 g/mol. The van der Waals surface area contributed by atoms with Crippen LogP contribution in [-0.4, -0.2) is 25.8 Å². The monoisotopic (exact) mass is 410 g/mol. The van der Waals surface area contributed by atoms with Crippen molar-refractivity contribution in [2.45, 2.75) is 6.92 Å². The molecule has 7 heteroatoms. The zero-order chi connectivity index (χ0) is 17.5. The molecule has 0 saturated carbocycles. The number of aryl methyl sites for hydroxylation is 1. The van der Waals surface area contributed by atoms with Crippen LogP contribution in [0.1, 0.15) is 11.1 Å². The van der Waals surface area contributed by atoms with Crippen molar-refractivity contribution in [3.8, 4) is 11.5 Å². The van der Waals surface area contributed by atoms with Gasteiger partial charge in [0.25, 0.3) is 5.91 Å². The van der Waals surface area contributed by atoms with Crippen LogP contribution in [0.4, 0.5) is 0 Å². The van der Waals surface area contributed by atoms with Gasteiger partial charge in [0.1, 0.15) is 11.5 Å². The molecule has 0 aliphatic carbocycles. The minimum atomic E-state index is -0.379. The van der Waals surface area contributed by atoms with Crippen LogP contribution in [-0.2, 0) is 4.79 Å². The Bertz CT molecular complexity index is 765. The molecule has 0 aromatic heterocycles. The summed E-state index contributed by atoms with van der Waals surface area (Å²) in [5, 5.41) is 4.33. The molecule has 0 spiro atoms. The fourth-order valence-electron chi connectivity index (χ4n) is 1.93. The van der Waals surface area contributed by atoms with Crippen LogP contribution in [0.25, 0.3) is 0 Å². The number of ether oxygens (including phenoxy) is 2. The molecule has 2 aromatic rings. The van der Waals surface area contributed by atoms with Gasteiger partial charge in [0.05, 0.1) is 18.3 Å². The van der Waals surface area contributed by atoms with Gasteiger partial charge in [-0.1, -0.05) is 27.5 Å². The summed E-state index contributed by atoms with van der Waals surface area (Å²) in [5.41, 5.74) is 4.24. The van der Waals surface area contributed by atoms with Crippen molar-refractivity contribution < 1.29 is 14.3 Å². The molecule has 0 fully saturated rings. The minimum Gasteiger partial charge on any atom is -0.496 e. The van der Waals surface area contributed by atoms with Crippen LogP contribution in [0.3, 0.4) is 0 Å². The zero-order valence-electron chi connectivity index (χ0n) is 13.2. The molecular formula is C17H16BrClN2O3. The number of halogens is 2. The molecule has 2 aromatic carbocycles. The van der Waals surface area contributed by atoms with Crippen LogP contribution in [0.15, 0.2) is 46.0 Å². The number of nitrogens with zero attached hydrogens (tertiary/aromatic N) is 1. The molecule has 2 rings (SSSR count). The van der Waals surface area contributed by atoms with Crippen molar-refractivity contribution in [3.05, 3.63) is 57.0 Å². The van der Waals surface area contributed by atoms with E-state index in [2.05, 4.69) is 26.5 Å². The smallest absolute Gasteiger partial charge is 0.277 e. The summed E-state index contributed by atoms with van der Waals surface area (Å²) in [6, 6.07) is 10.8. The Morgan fingerprint density at radius 1 is 1.29 bits per heavy atom. The Hall–Kier alpha value is -2.05. The molecule has 126 valence electrons. The lowest BCUT2D eigenvalue weighted by Gasteiger charge is -2.07. The van der Waals surface area contributed by atoms with Gasteiger partial charge in [-0.05, 0) is 54.4 Å². The van der Waals surface area contributed by atoms with Crippen molar-refractivity contribution in [1.29, 1.82) is 0 Å². The van der Waals surface area contributed by atoms with E-state index in [1.165, 1.54) is 0 Å². The summed E-state index contributed by atoms with van der Waals surface area (Å²) in [7, 11) is 1.62. The number of nitrogens with one attached hydrogen (secondary N) is 1. The predicted octanol–water partition coefficient (Wildman–Crippen LogP) is 3.95. The number of hydrazone groups is 1. The van der Waals surface area contributed by atoms with Gasteiger partial charge in [-0.15, -0.1) is 0 Å². The Kier molecular flexibility index (Phi) is 6.63. The average molecular weight is 412 g/mol. The largest absolute Gasteiger partial charge is 0.496 e. The van der Waals surface area contributed by atoms with E-state index in [4.69, 9.17) is 21.1 Å². The van der Waals surface area contributed by atoms with E-state index in [0.29, 0.717) is 10.8 Å². The summed E-state index contributed by atoms with van der Waals surface area (Å²) in [6.45, 7) is 1.75. The number of hydrogen-bond donors (Lipinski definition) is 1. The normalized spacial score (nSPS) is 10.7. The number of carbonyl (C=O) groups is 1. The molecule has 0 aliphatic rings. The Balaban J connectivity index is 1.85. The lowest BCUT2D eigenvalue weighted by molar-refractivity contribution is -0.123. The van der Waals surface area contributed by atoms with Crippen molar-refractivity contribution in [2.24, 2.45) is 5.10 Å². The number of amides is 1. The van der Waals surface area contributed by atoms with Crippen LogP contribution in [0.5, 0.6) is 11.5 Å². The quantitative estimate of drug-likeness (QED) is 0.578. The van der Waals surface area contributed by atoms with E-state index in [0.717, 1.165) is 21.3 Å². The lowest BCUT2D eigenvalue weighted by Crippen LogP contribution is -2.24. The predicted molar refractivity (Wildman–Crippen MR) is 98.1 cm³/mol. The second-order valence-electron chi connectivity index (χ2n) is 4.89. The maximum Gasteiger partial charge on any atom is 0.277 e. The van der Waals surface area contributed by atoms with E-state index < -0.39 is 0 Å². The van der Waals surface area contributed by atoms with Gasteiger partial charge in [-0.2, -0.15) is 5.10 Å². The van der Waals surface area contributed by atoms with Crippen LogP contribution in [0, 0.1) is 6.92 Å². The SMILES string of the molecule is COc1ccc(/C=N/NC(=O)COc2ccc(Br)cc2Cl)cc1C. The fourth-order valence-corrected chi connectivity index (χ4v) is 2.66. The van der Waals surface area contributed by atoms with Crippen LogP contribution < -0.4 is 14.9 Å².